The Morgan fingerprint density at radius 3 is 1.83 bits per heavy atom. The predicted molar refractivity (Wildman–Crippen MR) is 121 cm³/mol. The number of esters is 1. The second-order valence-electron chi connectivity index (χ2n) is 8.69. The summed E-state index contributed by atoms with van der Waals surface area (Å²) < 4.78 is 12.3. The van der Waals surface area contributed by atoms with E-state index in [0.717, 1.165) is 46.6 Å². The van der Waals surface area contributed by atoms with Crippen molar-refractivity contribution < 1.29 is 14.3 Å². The summed E-state index contributed by atoms with van der Waals surface area (Å²) in [6.07, 6.45) is 2.55. The van der Waals surface area contributed by atoms with E-state index < -0.39 is 5.41 Å². The van der Waals surface area contributed by atoms with E-state index in [1.807, 2.05) is 45.0 Å². The third kappa shape index (κ3) is 4.24. The smallest absolute Gasteiger partial charge is 0.316 e. The fourth-order valence-electron chi connectivity index (χ4n) is 3.20. The molecule has 29 heavy (non-hydrogen) atoms. The van der Waals surface area contributed by atoms with Gasteiger partial charge in [0.1, 0.15) is 17.1 Å². The van der Waals surface area contributed by atoms with Gasteiger partial charge in [0.15, 0.2) is 0 Å². The van der Waals surface area contributed by atoms with Gasteiger partial charge in [0.25, 0.3) is 0 Å². The van der Waals surface area contributed by atoms with E-state index in [2.05, 4.69) is 45.0 Å². The number of carbonyl (C=O) groups is 1. The van der Waals surface area contributed by atoms with Gasteiger partial charge in [0.2, 0.25) is 0 Å². The van der Waals surface area contributed by atoms with Crippen LogP contribution in [-0.2, 0) is 4.79 Å². The third-order valence-electron chi connectivity index (χ3n) is 6.29. The van der Waals surface area contributed by atoms with Crippen LogP contribution in [0, 0.1) is 5.41 Å². The van der Waals surface area contributed by atoms with Crippen LogP contribution in [0.5, 0.6) is 11.5 Å². The number of carbonyl (C=O) groups excluding carboxylic acids is 1. The van der Waals surface area contributed by atoms with Gasteiger partial charge in [0.05, 0.1) is 5.41 Å². The summed E-state index contributed by atoms with van der Waals surface area (Å²) in [5, 5.41) is 4.11. The van der Waals surface area contributed by atoms with Crippen LogP contribution in [0.3, 0.4) is 0 Å². The monoisotopic (exact) mass is 392 g/mol. The molecule has 0 saturated heterocycles. The molecule has 0 fully saturated rings. The topological polar surface area (TPSA) is 35.5 Å². The molecule has 0 N–H and O–H groups in total. The first-order valence-corrected chi connectivity index (χ1v) is 10.6. The van der Waals surface area contributed by atoms with Crippen LogP contribution < -0.4 is 9.47 Å². The average molecular weight is 393 g/mol. The van der Waals surface area contributed by atoms with Gasteiger partial charge in [-0.05, 0) is 75.1 Å². The molecule has 3 aromatic rings. The summed E-state index contributed by atoms with van der Waals surface area (Å²) in [7, 11) is 0. The third-order valence-corrected chi connectivity index (χ3v) is 6.29. The van der Waals surface area contributed by atoms with Crippen LogP contribution in [0.2, 0.25) is 0 Å². The van der Waals surface area contributed by atoms with Crippen LogP contribution in [0.15, 0.2) is 48.5 Å². The molecule has 0 bridgehead atoms. The zero-order valence-electron chi connectivity index (χ0n) is 18.5. The highest BCUT2D eigenvalue weighted by atomic mass is 16.5. The highest BCUT2D eigenvalue weighted by molar-refractivity contribution is 6.04. The van der Waals surface area contributed by atoms with E-state index in [1.54, 1.807) is 0 Å². The van der Waals surface area contributed by atoms with Crippen molar-refractivity contribution in [3.05, 3.63) is 48.5 Å². The Morgan fingerprint density at radius 2 is 1.31 bits per heavy atom. The fourth-order valence-corrected chi connectivity index (χ4v) is 3.20. The molecule has 0 atom stereocenters. The van der Waals surface area contributed by atoms with E-state index in [0.29, 0.717) is 5.75 Å². The summed E-state index contributed by atoms with van der Waals surface area (Å²) in [5.41, 5.74) is -0.762. The van der Waals surface area contributed by atoms with Gasteiger partial charge in [-0.2, -0.15) is 0 Å². The maximum absolute atomic E-state index is 12.7. The lowest BCUT2D eigenvalue weighted by Crippen LogP contribution is -2.30. The van der Waals surface area contributed by atoms with Crippen molar-refractivity contribution in [2.45, 2.75) is 66.4 Å². The number of ether oxygens (including phenoxy) is 2. The maximum Gasteiger partial charge on any atom is 0.316 e. The Hall–Kier alpha value is -2.55. The number of benzene rings is 3. The van der Waals surface area contributed by atoms with E-state index in [9.17, 15) is 4.79 Å². The molecule has 0 aliphatic carbocycles. The molecule has 3 rings (SSSR count). The van der Waals surface area contributed by atoms with Crippen LogP contribution in [0.1, 0.15) is 60.8 Å². The Kier molecular flexibility index (Phi) is 5.88. The lowest BCUT2D eigenvalue weighted by molar-refractivity contribution is -0.144. The summed E-state index contributed by atoms with van der Waals surface area (Å²) in [6, 6.07) is 16.2. The minimum Gasteiger partial charge on any atom is -0.487 e. The number of hydrogen-bond donors (Lipinski definition) is 0. The second-order valence-corrected chi connectivity index (χ2v) is 8.69. The summed E-state index contributed by atoms with van der Waals surface area (Å²) >= 11 is 0. The molecular weight excluding hydrogens is 360 g/mol. The molecule has 0 heterocycles. The first kappa shape index (κ1) is 21.2. The molecule has 3 aromatic carbocycles. The summed E-state index contributed by atoms with van der Waals surface area (Å²) in [5.74, 6) is 1.20. The average Bonchev–Trinajstić information content (AvgIpc) is 2.74. The normalized spacial score (nSPS) is 12.3. The molecule has 0 aliphatic rings. The molecular formula is C26H32O3. The summed E-state index contributed by atoms with van der Waals surface area (Å²) in [6.45, 7) is 12.3. The molecule has 3 nitrogen and oxygen atoms in total. The lowest BCUT2D eigenvalue weighted by Gasteiger charge is -2.29. The molecule has 0 saturated carbocycles. The van der Waals surface area contributed by atoms with E-state index in [1.165, 1.54) is 0 Å². The first-order chi connectivity index (χ1) is 13.7. The molecule has 0 aliphatic heterocycles. The number of rotatable bonds is 7. The van der Waals surface area contributed by atoms with Crippen molar-refractivity contribution in [2.24, 2.45) is 5.41 Å². The zero-order valence-corrected chi connectivity index (χ0v) is 18.5. The van der Waals surface area contributed by atoms with Gasteiger partial charge in [-0.1, -0.05) is 45.0 Å². The minimum absolute atomic E-state index is 0.213. The molecule has 0 aromatic heterocycles. The van der Waals surface area contributed by atoms with Gasteiger partial charge in [-0.3, -0.25) is 4.79 Å². The maximum atomic E-state index is 12.7. The van der Waals surface area contributed by atoms with Gasteiger partial charge in [0, 0.05) is 10.8 Å². The Balaban J connectivity index is 2.17. The highest BCUT2D eigenvalue weighted by Gasteiger charge is 2.29. The Labute approximate surface area is 174 Å². The fraction of sp³-hybridized carbons (Fsp3) is 0.423. The van der Waals surface area contributed by atoms with Crippen molar-refractivity contribution in [1.29, 1.82) is 0 Å². The van der Waals surface area contributed by atoms with Crippen LogP contribution in [-0.4, -0.2) is 11.6 Å². The molecule has 154 valence electrons. The molecule has 0 spiro atoms. The standard InChI is InChI=1S/C26H32O3/c1-7-25(4,5)24(27)28-22-14-15-23(29-26(6,8-2)9-3)21-17-19-13-11-10-12-18(19)16-20(21)22/h10-17H,7-9H2,1-6H3. The van der Waals surface area contributed by atoms with E-state index >= 15 is 0 Å². The number of hydrogen-bond acceptors (Lipinski definition) is 3. The number of fused-ring (bicyclic) bond motifs is 2. The van der Waals surface area contributed by atoms with Crippen molar-refractivity contribution in [3.63, 3.8) is 0 Å². The molecule has 0 radical (unpaired) electrons. The minimum atomic E-state index is -0.526. The molecule has 3 heteroatoms. The second kappa shape index (κ2) is 8.06. The lowest BCUT2D eigenvalue weighted by atomic mass is 9.90. The van der Waals surface area contributed by atoms with Crippen LogP contribution in [0.4, 0.5) is 0 Å². The van der Waals surface area contributed by atoms with Gasteiger partial charge in [-0.25, -0.2) is 0 Å². The van der Waals surface area contributed by atoms with E-state index in [4.69, 9.17) is 9.47 Å². The highest BCUT2D eigenvalue weighted by Crippen LogP contribution is 2.39. The quantitative estimate of drug-likeness (QED) is 0.240. The molecule has 0 amide bonds. The zero-order chi connectivity index (χ0) is 21.2. The van der Waals surface area contributed by atoms with Crippen LogP contribution in [0.25, 0.3) is 21.5 Å². The van der Waals surface area contributed by atoms with Crippen molar-refractivity contribution in [2.75, 3.05) is 0 Å². The Morgan fingerprint density at radius 1 is 0.793 bits per heavy atom. The molecule has 0 unspecified atom stereocenters. The summed E-state index contributed by atoms with van der Waals surface area (Å²) in [4.78, 5) is 12.7. The predicted octanol–water partition coefficient (Wildman–Crippen LogP) is 7.29. The van der Waals surface area contributed by atoms with Gasteiger partial charge < -0.3 is 9.47 Å². The van der Waals surface area contributed by atoms with Gasteiger partial charge in [-0.15, -0.1) is 0 Å². The largest absolute Gasteiger partial charge is 0.487 e. The van der Waals surface area contributed by atoms with Gasteiger partial charge >= 0.3 is 5.97 Å². The first-order valence-electron chi connectivity index (χ1n) is 10.6. The van der Waals surface area contributed by atoms with Crippen molar-refractivity contribution in [1.82, 2.24) is 0 Å². The SMILES string of the molecule is CCC(C)(CC)Oc1ccc(OC(=O)C(C)(C)CC)c2cc3ccccc3cc12. The van der Waals surface area contributed by atoms with Crippen molar-refractivity contribution >= 4 is 27.5 Å². The van der Waals surface area contributed by atoms with Crippen molar-refractivity contribution in [3.8, 4) is 11.5 Å². The van der Waals surface area contributed by atoms with Crippen LogP contribution >= 0.6 is 0 Å². The van der Waals surface area contributed by atoms with E-state index in [-0.39, 0.29) is 11.6 Å². The Bertz CT molecular complexity index is 1030.